The van der Waals surface area contributed by atoms with Gasteiger partial charge in [-0.25, -0.2) is 0 Å². The molecule has 1 aliphatic rings. The third kappa shape index (κ3) is 2.44. The molecule has 0 spiro atoms. The Morgan fingerprint density at radius 2 is 2.38 bits per heavy atom. The van der Waals surface area contributed by atoms with Gasteiger partial charge in [0.15, 0.2) is 0 Å². The first kappa shape index (κ1) is 10.0. The van der Waals surface area contributed by atoms with Crippen LogP contribution < -0.4 is 10.6 Å². The minimum atomic E-state index is -0.332. The third-order valence-corrected chi connectivity index (χ3v) is 2.39. The molecule has 4 nitrogen and oxygen atoms in total. The molecule has 0 bridgehead atoms. The van der Waals surface area contributed by atoms with Gasteiger partial charge in [-0.2, -0.15) is 0 Å². The van der Waals surface area contributed by atoms with Gasteiger partial charge in [-0.15, -0.1) is 0 Å². The van der Waals surface area contributed by atoms with E-state index in [2.05, 4.69) is 10.6 Å². The molecule has 2 unspecified atom stereocenters. The Labute approximate surface area is 78.1 Å². The van der Waals surface area contributed by atoms with Crippen LogP contribution in [0.4, 0.5) is 0 Å². The minimum Gasteiger partial charge on any atom is -0.354 e. The molecule has 1 fully saturated rings. The number of carbonyl (C=O) groups is 2. The van der Waals surface area contributed by atoms with Gasteiger partial charge in [-0.3, -0.25) is 9.59 Å². The quantitative estimate of drug-likeness (QED) is 0.636. The summed E-state index contributed by atoms with van der Waals surface area (Å²) in [5.41, 5.74) is 0. The van der Waals surface area contributed by atoms with Crippen LogP contribution in [0.2, 0.25) is 0 Å². The predicted octanol–water partition coefficient (Wildman–Crippen LogP) is 0.0372. The molecule has 0 radical (unpaired) electrons. The van der Waals surface area contributed by atoms with Gasteiger partial charge in [-0.1, -0.05) is 13.8 Å². The van der Waals surface area contributed by atoms with E-state index in [4.69, 9.17) is 0 Å². The SMILES string of the molecule is CCC(=O)NC1C(=O)NCCC1C. The molecule has 74 valence electrons. The Bertz CT molecular complexity index is 216. The Hall–Kier alpha value is -1.06. The lowest BCUT2D eigenvalue weighted by Crippen LogP contribution is -2.54. The summed E-state index contributed by atoms with van der Waals surface area (Å²) < 4.78 is 0. The van der Waals surface area contributed by atoms with E-state index in [9.17, 15) is 9.59 Å². The van der Waals surface area contributed by atoms with Crippen molar-refractivity contribution in [2.75, 3.05) is 6.54 Å². The fourth-order valence-corrected chi connectivity index (χ4v) is 1.44. The van der Waals surface area contributed by atoms with Crippen LogP contribution in [0.5, 0.6) is 0 Å². The van der Waals surface area contributed by atoms with Crippen LogP contribution in [-0.4, -0.2) is 24.4 Å². The van der Waals surface area contributed by atoms with Gasteiger partial charge in [0.25, 0.3) is 0 Å². The summed E-state index contributed by atoms with van der Waals surface area (Å²) in [4.78, 5) is 22.4. The number of hydrogen-bond donors (Lipinski definition) is 2. The number of carbonyl (C=O) groups excluding carboxylic acids is 2. The Balaban J connectivity index is 2.53. The van der Waals surface area contributed by atoms with Crippen molar-refractivity contribution in [2.45, 2.75) is 32.7 Å². The molecule has 0 aliphatic carbocycles. The molecular formula is C9H16N2O2. The van der Waals surface area contributed by atoms with Gasteiger partial charge >= 0.3 is 0 Å². The lowest BCUT2D eigenvalue weighted by Gasteiger charge is -2.28. The van der Waals surface area contributed by atoms with E-state index in [0.717, 1.165) is 13.0 Å². The van der Waals surface area contributed by atoms with E-state index in [0.29, 0.717) is 6.42 Å². The molecule has 1 heterocycles. The first-order valence-corrected chi connectivity index (χ1v) is 4.72. The fraction of sp³-hybridized carbons (Fsp3) is 0.778. The van der Waals surface area contributed by atoms with Crippen molar-refractivity contribution in [2.24, 2.45) is 5.92 Å². The van der Waals surface area contributed by atoms with E-state index >= 15 is 0 Å². The zero-order valence-corrected chi connectivity index (χ0v) is 8.09. The monoisotopic (exact) mass is 184 g/mol. The average Bonchev–Trinajstić information content (AvgIpc) is 2.11. The van der Waals surface area contributed by atoms with Crippen molar-refractivity contribution < 1.29 is 9.59 Å². The number of rotatable bonds is 2. The highest BCUT2D eigenvalue weighted by Gasteiger charge is 2.29. The minimum absolute atomic E-state index is 0.0550. The molecule has 1 saturated heterocycles. The molecule has 4 heteroatoms. The van der Waals surface area contributed by atoms with Crippen LogP contribution in [0.25, 0.3) is 0 Å². The van der Waals surface area contributed by atoms with Crippen LogP contribution in [0.3, 0.4) is 0 Å². The van der Waals surface area contributed by atoms with Crippen LogP contribution >= 0.6 is 0 Å². The summed E-state index contributed by atoms with van der Waals surface area (Å²) in [5.74, 6) is 0.124. The smallest absolute Gasteiger partial charge is 0.242 e. The van der Waals surface area contributed by atoms with Gasteiger partial charge < -0.3 is 10.6 Å². The average molecular weight is 184 g/mol. The number of nitrogens with one attached hydrogen (secondary N) is 2. The number of piperidine rings is 1. The van der Waals surface area contributed by atoms with Crippen LogP contribution in [0.15, 0.2) is 0 Å². The number of hydrogen-bond acceptors (Lipinski definition) is 2. The van der Waals surface area contributed by atoms with Crippen molar-refractivity contribution >= 4 is 11.8 Å². The van der Waals surface area contributed by atoms with Crippen LogP contribution in [0, 0.1) is 5.92 Å². The highest BCUT2D eigenvalue weighted by atomic mass is 16.2. The molecule has 0 aromatic rings. The second kappa shape index (κ2) is 4.25. The van der Waals surface area contributed by atoms with Crippen molar-refractivity contribution in [3.05, 3.63) is 0 Å². The molecule has 2 N–H and O–H groups in total. The predicted molar refractivity (Wildman–Crippen MR) is 49.0 cm³/mol. The molecule has 2 atom stereocenters. The molecule has 2 amide bonds. The van der Waals surface area contributed by atoms with Gasteiger partial charge in [-0.05, 0) is 12.3 Å². The zero-order valence-electron chi connectivity index (χ0n) is 8.09. The Morgan fingerprint density at radius 1 is 1.69 bits per heavy atom. The summed E-state index contributed by atoms with van der Waals surface area (Å²) in [6.45, 7) is 4.48. The Morgan fingerprint density at radius 3 is 2.92 bits per heavy atom. The van der Waals surface area contributed by atoms with Crippen molar-refractivity contribution in [3.63, 3.8) is 0 Å². The van der Waals surface area contributed by atoms with E-state index in [-0.39, 0.29) is 23.8 Å². The first-order chi connectivity index (χ1) is 6.15. The summed E-state index contributed by atoms with van der Waals surface area (Å²) >= 11 is 0. The fourth-order valence-electron chi connectivity index (χ4n) is 1.44. The second-order valence-electron chi connectivity index (χ2n) is 3.46. The van der Waals surface area contributed by atoms with Gasteiger partial charge in [0, 0.05) is 13.0 Å². The maximum absolute atomic E-state index is 11.3. The van der Waals surface area contributed by atoms with E-state index in [1.54, 1.807) is 6.92 Å². The maximum Gasteiger partial charge on any atom is 0.242 e. The van der Waals surface area contributed by atoms with Crippen LogP contribution in [0.1, 0.15) is 26.7 Å². The lowest BCUT2D eigenvalue weighted by atomic mass is 9.94. The molecule has 13 heavy (non-hydrogen) atoms. The molecule has 1 aliphatic heterocycles. The summed E-state index contributed by atoms with van der Waals surface area (Å²) in [6, 6.07) is -0.332. The lowest BCUT2D eigenvalue weighted by molar-refractivity contribution is -0.131. The summed E-state index contributed by atoms with van der Waals surface area (Å²) in [6.07, 6.45) is 1.36. The van der Waals surface area contributed by atoms with Crippen molar-refractivity contribution in [1.29, 1.82) is 0 Å². The molecule has 0 saturated carbocycles. The van der Waals surface area contributed by atoms with Crippen molar-refractivity contribution in [1.82, 2.24) is 10.6 Å². The van der Waals surface area contributed by atoms with Gasteiger partial charge in [0.2, 0.25) is 11.8 Å². The van der Waals surface area contributed by atoms with E-state index < -0.39 is 0 Å². The highest BCUT2D eigenvalue weighted by molar-refractivity contribution is 5.88. The molecular weight excluding hydrogens is 168 g/mol. The summed E-state index contributed by atoms with van der Waals surface area (Å²) in [5, 5.41) is 5.46. The summed E-state index contributed by atoms with van der Waals surface area (Å²) in [7, 11) is 0. The van der Waals surface area contributed by atoms with E-state index in [1.165, 1.54) is 0 Å². The highest BCUT2D eigenvalue weighted by Crippen LogP contribution is 2.12. The maximum atomic E-state index is 11.3. The third-order valence-electron chi connectivity index (χ3n) is 2.39. The largest absolute Gasteiger partial charge is 0.354 e. The molecule has 0 aromatic heterocycles. The standard InChI is InChI=1S/C9H16N2O2/c1-3-7(12)11-8-6(2)4-5-10-9(8)13/h6,8H,3-5H2,1-2H3,(H,10,13)(H,11,12). The normalized spacial score (nSPS) is 28.0. The first-order valence-electron chi connectivity index (χ1n) is 4.72. The molecule has 0 aromatic carbocycles. The zero-order chi connectivity index (χ0) is 9.84. The second-order valence-corrected chi connectivity index (χ2v) is 3.46. The Kier molecular flexibility index (Phi) is 3.28. The van der Waals surface area contributed by atoms with Crippen LogP contribution in [-0.2, 0) is 9.59 Å². The van der Waals surface area contributed by atoms with Gasteiger partial charge in [0.05, 0.1) is 0 Å². The molecule has 1 rings (SSSR count). The number of amides is 2. The van der Waals surface area contributed by atoms with Crippen molar-refractivity contribution in [3.8, 4) is 0 Å². The van der Waals surface area contributed by atoms with Gasteiger partial charge in [0.1, 0.15) is 6.04 Å². The van der Waals surface area contributed by atoms with E-state index in [1.807, 2.05) is 6.92 Å². The topological polar surface area (TPSA) is 58.2 Å².